The molecule has 4 aromatic rings. The van der Waals surface area contributed by atoms with Crippen LogP contribution in [0.1, 0.15) is 73.7 Å². The molecule has 5 unspecified atom stereocenters. The minimum atomic E-state index is -0.891. The number of amides is 2. The summed E-state index contributed by atoms with van der Waals surface area (Å²) in [5.41, 5.74) is 2.12. The van der Waals surface area contributed by atoms with Gasteiger partial charge in [-0.25, -0.2) is 0 Å². The zero-order valence-electron chi connectivity index (χ0n) is 29.2. The molecular weight excluding hydrogens is 688 g/mol. The molecule has 11 heteroatoms. The minimum absolute atomic E-state index is 0.00900. The first-order valence-corrected chi connectivity index (χ1v) is 17.7. The van der Waals surface area contributed by atoms with Gasteiger partial charge in [0.25, 0.3) is 11.8 Å². The third-order valence-corrected chi connectivity index (χ3v) is 10.6. The van der Waals surface area contributed by atoms with Gasteiger partial charge in [-0.15, -0.1) is 0 Å². The van der Waals surface area contributed by atoms with Crippen LogP contribution in [0.2, 0.25) is 0 Å². The summed E-state index contributed by atoms with van der Waals surface area (Å²) >= 11 is 3.74. The van der Waals surface area contributed by atoms with Gasteiger partial charge in [-0.3, -0.25) is 19.2 Å². The molecular formula is C38H45BrN4O6. The quantitative estimate of drug-likeness (QED) is 0.161. The van der Waals surface area contributed by atoms with Crippen LogP contribution in [0, 0.1) is 11.8 Å². The van der Waals surface area contributed by atoms with E-state index in [0.29, 0.717) is 43.6 Å². The first-order chi connectivity index (χ1) is 23.1. The molecule has 6 rings (SSSR count). The number of aryl methyl sites for hydroxylation is 2. The number of rotatable bonds is 14. The Balaban J connectivity index is 1.20. The summed E-state index contributed by atoms with van der Waals surface area (Å²) < 4.78 is 15.6. The predicted octanol–water partition coefficient (Wildman–Crippen LogP) is 5.66. The second-order valence-corrected chi connectivity index (χ2v) is 15.6. The van der Waals surface area contributed by atoms with E-state index in [4.69, 9.17) is 9.47 Å². The molecule has 2 aromatic heterocycles. The molecule has 2 N–H and O–H groups in total. The Hall–Kier alpha value is -3.80. The zero-order chi connectivity index (χ0) is 35.4. The normalized spacial score (nSPS) is 21.8. The third kappa shape index (κ3) is 7.11. The zero-order valence-corrected chi connectivity index (χ0v) is 30.8. The molecule has 2 amide bonds. The van der Waals surface area contributed by atoms with Crippen molar-refractivity contribution in [2.45, 2.75) is 77.2 Å². The maximum Gasteiger partial charge on any atom is 0.254 e. The monoisotopic (exact) mass is 732 g/mol. The lowest BCUT2D eigenvalue weighted by Gasteiger charge is -2.23. The average molecular weight is 734 g/mol. The van der Waals surface area contributed by atoms with E-state index in [1.54, 1.807) is 26.2 Å². The second-order valence-electron chi connectivity index (χ2n) is 14.8. The van der Waals surface area contributed by atoms with Crippen molar-refractivity contribution in [3.8, 4) is 0 Å². The molecule has 0 bridgehead atoms. The summed E-state index contributed by atoms with van der Waals surface area (Å²) in [4.78, 5) is 54.0. The molecule has 5 atom stereocenters. The highest BCUT2D eigenvalue weighted by molar-refractivity contribution is 9.10. The lowest BCUT2D eigenvalue weighted by molar-refractivity contribution is -0.126. The summed E-state index contributed by atoms with van der Waals surface area (Å²) in [6, 6.07) is 10.3. The third-order valence-electron chi connectivity index (χ3n) is 9.90. The first-order valence-electron chi connectivity index (χ1n) is 16.9. The topological polar surface area (TPSA) is 127 Å². The van der Waals surface area contributed by atoms with Gasteiger partial charge in [0, 0.05) is 52.8 Å². The summed E-state index contributed by atoms with van der Waals surface area (Å²) in [5.74, 6) is -0.601. The largest absolute Gasteiger partial charge is 0.361 e. The number of nitrogens with one attached hydrogen (secondary N) is 2. The molecule has 0 aliphatic carbocycles. The minimum Gasteiger partial charge on any atom is -0.361 e. The SMILES string of the molecule is CC(C)CC(NC(=O)c1cn(C)c2cc(CC(C)CC(NC(=O)c3cn(C)c4ccccc34)C(=O)C3(C)CO3)c(Br)cc12)C(=O)C1(C)CO1. The summed E-state index contributed by atoms with van der Waals surface area (Å²) in [6.07, 6.45) is 5.16. The molecule has 2 saturated heterocycles. The van der Waals surface area contributed by atoms with Crippen LogP contribution in [0.4, 0.5) is 0 Å². The summed E-state index contributed by atoms with van der Waals surface area (Å²) in [6.45, 7) is 10.4. The molecule has 2 aliphatic heterocycles. The molecule has 0 radical (unpaired) electrons. The van der Waals surface area contributed by atoms with Crippen molar-refractivity contribution in [1.82, 2.24) is 19.8 Å². The Bertz CT molecular complexity index is 1970. The van der Waals surface area contributed by atoms with Gasteiger partial charge in [0.15, 0.2) is 11.6 Å². The highest BCUT2D eigenvalue weighted by Crippen LogP contribution is 2.34. The molecule has 2 aromatic carbocycles. The Kier molecular flexibility index (Phi) is 9.40. The number of ether oxygens (including phenoxy) is 2. The fraction of sp³-hybridized carbons (Fsp3) is 0.474. The van der Waals surface area contributed by atoms with Gasteiger partial charge in [0.2, 0.25) is 0 Å². The molecule has 4 heterocycles. The Morgan fingerprint density at radius 1 is 0.796 bits per heavy atom. The number of epoxide rings is 2. The van der Waals surface area contributed by atoms with E-state index in [2.05, 4.69) is 39.6 Å². The lowest BCUT2D eigenvalue weighted by atomic mass is 9.89. The molecule has 260 valence electrons. The lowest BCUT2D eigenvalue weighted by Crippen LogP contribution is -2.47. The maximum absolute atomic E-state index is 13.6. The van der Waals surface area contributed by atoms with Gasteiger partial charge in [-0.1, -0.05) is 54.9 Å². The highest BCUT2D eigenvalue weighted by atomic mass is 79.9. The van der Waals surface area contributed by atoms with Crippen molar-refractivity contribution in [3.63, 3.8) is 0 Å². The van der Waals surface area contributed by atoms with Crippen LogP contribution in [0.15, 0.2) is 53.3 Å². The summed E-state index contributed by atoms with van der Waals surface area (Å²) in [7, 11) is 3.79. The number of aromatic nitrogens is 2. The van der Waals surface area contributed by atoms with E-state index in [9.17, 15) is 19.2 Å². The van der Waals surface area contributed by atoms with Crippen molar-refractivity contribution in [1.29, 1.82) is 0 Å². The van der Waals surface area contributed by atoms with Crippen LogP contribution in [-0.2, 0) is 39.6 Å². The van der Waals surface area contributed by atoms with Crippen LogP contribution in [-0.4, -0.2) is 69.0 Å². The van der Waals surface area contributed by atoms with Crippen LogP contribution >= 0.6 is 15.9 Å². The number of nitrogens with zero attached hydrogens (tertiary/aromatic N) is 2. The number of fused-ring (bicyclic) bond motifs is 2. The van der Waals surface area contributed by atoms with E-state index < -0.39 is 23.3 Å². The molecule has 10 nitrogen and oxygen atoms in total. The van der Waals surface area contributed by atoms with Gasteiger partial charge < -0.3 is 29.2 Å². The number of ketones is 2. The van der Waals surface area contributed by atoms with Gasteiger partial charge in [-0.2, -0.15) is 0 Å². The number of para-hydroxylation sites is 1. The number of hydrogen-bond donors (Lipinski definition) is 2. The van der Waals surface area contributed by atoms with E-state index in [-0.39, 0.29) is 35.2 Å². The number of carbonyl (C=O) groups excluding carboxylic acids is 4. The van der Waals surface area contributed by atoms with Crippen LogP contribution in [0.25, 0.3) is 21.8 Å². The number of Topliss-reactive ketones (excluding diaryl/α,β-unsaturated/α-hetero) is 2. The van der Waals surface area contributed by atoms with Crippen LogP contribution in [0.5, 0.6) is 0 Å². The van der Waals surface area contributed by atoms with Crippen molar-refractivity contribution >= 4 is 61.1 Å². The Labute approximate surface area is 295 Å². The number of benzene rings is 2. The molecule has 0 spiro atoms. The van der Waals surface area contributed by atoms with E-state index in [1.807, 2.05) is 67.4 Å². The smallest absolute Gasteiger partial charge is 0.254 e. The van der Waals surface area contributed by atoms with E-state index in [0.717, 1.165) is 31.8 Å². The molecule has 2 aliphatic rings. The second kappa shape index (κ2) is 13.2. The molecule has 0 saturated carbocycles. The Morgan fingerprint density at radius 3 is 1.86 bits per heavy atom. The van der Waals surface area contributed by atoms with Crippen molar-refractivity contribution < 1.29 is 28.7 Å². The predicted molar refractivity (Wildman–Crippen MR) is 192 cm³/mol. The molecule has 2 fully saturated rings. The maximum atomic E-state index is 13.6. The standard InChI is InChI=1S/C38H45BrN4O6/c1-21(2)12-29(33(44)37(4)19-48-37)40-36(47)27-18-43(7)32-15-23(28(39)16-25(27)32)13-22(3)14-30(34(45)38(5)20-49-38)41-35(46)26-17-42(6)31-11-9-8-10-24(26)31/h8-11,15-18,21-22,29-30H,12-14,19-20H2,1-7H3,(H,40,47)(H,41,46). The first kappa shape index (κ1) is 35.0. The van der Waals surface area contributed by atoms with Crippen LogP contribution in [0.3, 0.4) is 0 Å². The average Bonchev–Trinajstić information content (AvgIpc) is 3.93. The summed E-state index contributed by atoms with van der Waals surface area (Å²) in [5, 5.41) is 7.64. The number of carbonyl (C=O) groups is 4. The van der Waals surface area contributed by atoms with Gasteiger partial charge >= 0.3 is 0 Å². The van der Waals surface area contributed by atoms with Crippen LogP contribution < -0.4 is 10.6 Å². The van der Waals surface area contributed by atoms with Gasteiger partial charge in [0.1, 0.15) is 11.2 Å². The fourth-order valence-corrected chi connectivity index (χ4v) is 7.32. The van der Waals surface area contributed by atoms with Crippen molar-refractivity contribution in [2.24, 2.45) is 25.9 Å². The fourth-order valence-electron chi connectivity index (χ4n) is 6.81. The van der Waals surface area contributed by atoms with Gasteiger partial charge in [-0.05, 0) is 68.7 Å². The highest BCUT2D eigenvalue weighted by Gasteiger charge is 2.51. The van der Waals surface area contributed by atoms with Crippen molar-refractivity contribution in [3.05, 3.63) is 70.0 Å². The van der Waals surface area contributed by atoms with Gasteiger partial charge in [0.05, 0.1) is 36.4 Å². The number of halogens is 1. The van der Waals surface area contributed by atoms with E-state index in [1.165, 1.54) is 0 Å². The Morgan fingerprint density at radius 2 is 1.31 bits per heavy atom. The van der Waals surface area contributed by atoms with Crippen molar-refractivity contribution in [2.75, 3.05) is 13.2 Å². The van der Waals surface area contributed by atoms with E-state index >= 15 is 0 Å². The molecule has 49 heavy (non-hydrogen) atoms. The number of hydrogen-bond acceptors (Lipinski definition) is 6.